The molecule has 1 fully saturated rings. The fourth-order valence-electron chi connectivity index (χ4n) is 2.02. The molecule has 0 spiro atoms. The summed E-state index contributed by atoms with van der Waals surface area (Å²) in [7, 11) is 0. The Morgan fingerprint density at radius 3 is 2.67 bits per heavy atom. The average molecular weight is 287 g/mol. The predicted molar refractivity (Wildman–Crippen MR) is 77.1 cm³/mol. The van der Waals surface area contributed by atoms with Gasteiger partial charge in [0.15, 0.2) is 0 Å². The van der Waals surface area contributed by atoms with Gasteiger partial charge in [-0.05, 0) is 43.9 Å². The van der Waals surface area contributed by atoms with Crippen molar-refractivity contribution in [3.63, 3.8) is 0 Å². The first-order valence-corrected chi connectivity index (χ1v) is 7.37. The summed E-state index contributed by atoms with van der Waals surface area (Å²) in [5.41, 5.74) is 0.903. The minimum atomic E-state index is 0.522. The van der Waals surface area contributed by atoms with Crippen molar-refractivity contribution >= 4 is 23.2 Å². The van der Waals surface area contributed by atoms with Gasteiger partial charge in [-0.25, -0.2) is 4.98 Å². The topological polar surface area (TPSA) is 16.1 Å². The lowest BCUT2D eigenvalue weighted by atomic mass is 10.1. The molecule has 0 atom stereocenters. The smallest absolute Gasteiger partial charge is 0.129 e. The largest absolute Gasteiger partial charge is 0.294 e. The first-order chi connectivity index (χ1) is 8.56. The quantitative estimate of drug-likeness (QED) is 0.721. The second kappa shape index (κ2) is 6.23. The van der Waals surface area contributed by atoms with Crippen molar-refractivity contribution in [3.8, 4) is 0 Å². The third-order valence-corrected chi connectivity index (χ3v) is 3.85. The summed E-state index contributed by atoms with van der Waals surface area (Å²) >= 11 is 12.1. The van der Waals surface area contributed by atoms with E-state index in [-0.39, 0.29) is 0 Å². The van der Waals surface area contributed by atoms with Crippen LogP contribution in [0.5, 0.6) is 0 Å². The van der Waals surface area contributed by atoms with Crippen molar-refractivity contribution in [1.29, 1.82) is 0 Å². The third-order valence-electron chi connectivity index (χ3n) is 3.29. The molecule has 0 aromatic carbocycles. The molecular formula is C14H20Cl2N2. The predicted octanol–water partition coefficient (Wildman–Crippen LogP) is 4.40. The van der Waals surface area contributed by atoms with Crippen molar-refractivity contribution in [2.75, 3.05) is 6.54 Å². The van der Waals surface area contributed by atoms with Gasteiger partial charge in [0.25, 0.3) is 0 Å². The molecular weight excluding hydrogens is 267 g/mol. The van der Waals surface area contributed by atoms with Gasteiger partial charge in [0.05, 0.1) is 10.7 Å². The standard InChI is InChI=1S/C14H20Cl2N2/c1-10(2)7-8-18(11-3-4-11)9-13-12(15)5-6-14(16)17-13/h5-6,10-11H,3-4,7-9H2,1-2H3. The highest BCUT2D eigenvalue weighted by Gasteiger charge is 2.29. The third kappa shape index (κ3) is 4.11. The molecule has 1 aromatic rings. The fourth-order valence-corrected chi connectivity index (χ4v) is 2.35. The summed E-state index contributed by atoms with van der Waals surface area (Å²) in [6.07, 6.45) is 3.82. The Labute approximate surface area is 119 Å². The van der Waals surface area contributed by atoms with Crippen LogP contribution in [0, 0.1) is 5.92 Å². The number of nitrogens with zero attached hydrogens (tertiary/aromatic N) is 2. The maximum absolute atomic E-state index is 6.18. The highest BCUT2D eigenvalue weighted by Crippen LogP contribution is 2.30. The number of rotatable bonds is 6. The lowest BCUT2D eigenvalue weighted by Crippen LogP contribution is -2.28. The monoisotopic (exact) mass is 286 g/mol. The van der Waals surface area contributed by atoms with Crippen LogP contribution >= 0.6 is 23.2 Å². The van der Waals surface area contributed by atoms with E-state index < -0.39 is 0 Å². The fraction of sp³-hybridized carbons (Fsp3) is 0.643. The molecule has 100 valence electrons. The number of hydrogen-bond donors (Lipinski definition) is 0. The molecule has 2 nitrogen and oxygen atoms in total. The lowest BCUT2D eigenvalue weighted by Gasteiger charge is -2.23. The molecule has 0 bridgehead atoms. The molecule has 0 saturated heterocycles. The summed E-state index contributed by atoms with van der Waals surface area (Å²) in [5, 5.41) is 1.24. The minimum Gasteiger partial charge on any atom is -0.294 e. The highest BCUT2D eigenvalue weighted by molar-refractivity contribution is 6.32. The van der Waals surface area contributed by atoms with E-state index >= 15 is 0 Å². The zero-order valence-corrected chi connectivity index (χ0v) is 12.5. The van der Waals surface area contributed by atoms with Gasteiger partial charge in [0.2, 0.25) is 0 Å². The first kappa shape index (κ1) is 14.1. The molecule has 1 saturated carbocycles. The van der Waals surface area contributed by atoms with Crippen LogP contribution in [0.2, 0.25) is 10.2 Å². The molecule has 4 heteroatoms. The van der Waals surface area contributed by atoms with Crippen LogP contribution in [0.4, 0.5) is 0 Å². The Kier molecular flexibility index (Phi) is 4.88. The Morgan fingerprint density at radius 1 is 1.33 bits per heavy atom. The van der Waals surface area contributed by atoms with Crippen LogP contribution in [-0.4, -0.2) is 22.5 Å². The summed E-state index contributed by atoms with van der Waals surface area (Å²) in [5.74, 6) is 0.731. The molecule has 1 aromatic heterocycles. The second-order valence-corrected chi connectivity index (χ2v) is 6.24. The summed E-state index contributed by atoms with van der Waals surface area (Å²) in [4.78, 5) is 6.83. The lowest BCUT2D eigenvalue weighted by molar-refractivity contribution is 0.237. The van der Waals surface area contributed by atoms with Crippen molar-refractivity contribution in [3.05, 3.63) is 28.0 Å². The summed E-state index contributed by atoms with van der Waals surface area (Å²) < 4.78 is 0. The van der Waals surface area contributed by atoms with E-state index in [2.05, 4.69) is 23.7 Å². The molecule has 18 heavy (non-hydrogen) atoms. The van der Waals surface area contributed by atoms with Gasteiger partial charge in [-0.2, -0.15) is 0 Å². The number of aromatic nitrogens is 1. The molecule has 0 amide bonds. The van der Waals surface area contributed by atoms with E-state index in [9.17, 15) is 0 Å². The van der Waals surface area contributed by atoms with Crippen LogP contribution in [0.3, 0.4) is 0 Å². The van der Waals surface area contributed by atoms with Gasteiger partial charge in [-0.1, -0.05) is 37.0 Å². The summed E-state index contributed by atoms with van der Waals surface area (Å²) in [6, 6.07) is 4.29. The number of pyridine rings is 1. The van der Waals surface area contributed by atoms with Gasteiger partial charge in [0.1, 0.15) is 5.15 Å². The Hall–Kier alpha value is -0.310. The highest BCUT2D eigenvalue weighted by atomic mass is 35.5. The molecule has 1 aliphatic rings. The Morgan fingerprint density at radius 2 is 2.06 bits per heavy atom. The van der Waals surface area contributed by atoms with E-state index in [1.54, 1.807) is 6.07 Å². The second-order valence-electron chi connectivity index (χ2n) is 5.45. The van der Waals surface area contributed by atoms with E-state index in [0.29, 0.717) is 5.15 Å². The molecule has 0 unspecified atom stereocenters. The molecule has 2 rings (SSSR count). The zero-order chi connectivity index (χ0) is 13.1. The molecule has 0 aliphatic heterocycles. The SMILES string of the molecule is CC(C)CCN(Cc1nc(Cl)ccc1Cl)C1CC1. The summed E-state index contributed by atoms with van der Waals surface area (Å²) in [6.45, 7) is 6.45. The van der Waals surface area contributed by atoms with E-state index in [4.69, 9.17) is 23.2 Å². The van der Waals surface area contributed by atoms with E-state index in [1.807, 2.05) is 6.07 Å². The van der Waals surface area contributed by atoms with Crippen LogP contribution in [0.15, 0.2) is 12.1 Å². The van der Waals surface area contributed by atoms with Crippen molar-refractivity contribution in [2.45, 2.75) is 45.7 Å². The van der Waals surface area contributed by atoms with Gasteiger partial charge >= 0.3 is 0 Å². The van der Waals surface area contributed by atoms with Crippen LogP contribution in [-0.2, 0) is 6.54 Å². The van der Waals surface area contributed by atoms with E-state index in [0.717, 1.165) is 35.8 Å². The van der Waals surface area contributed by atoms with Gasteiger partial charge in [-0.3, -0.25) is 4.90 Å². The molecule has 1 heterocycles. The van der Waals surface area contributed by atoms with Crippen LogP contribution in [0.25, 0.3) is 0 Å². The first-order valence-electron chi connectivity index (χ1n) is 6.61. The van der Waals surface area contributed by atoms with Gasteiger partial charge in [-0.15, -0.1) is 0 Å². The van der Waals surface area contributed by atoms with Gasteiger partial charge < -0.3 is 0 Å². The van der Waals surface area contributed by atoms with E-state index in [1.165, 1.54) is 19.3 Å². The Bertz CT molecular complexity index is 403. The Balaban J connectivity index is 2.01. The van der Waals surface area contributed by atoms with Crippen molar-refractivity contribution in [1.82, 2.24) is 9.88 Å². The van der Waals surface area contributed by atoms with Crippen molar-refractivity contribution < 1.29 is 0 Å². The zero-order valence-electron chi connectivity index (χ0n) is 11.0. The minimum absolute atomic E-state index is 0.522. The number of hydrogen-bond acceptors (Lipinski definition) is 2. The average Bonchev–Trinajstić information content (AvgIpc) is 3.12. The van der Waals surface area contributed by atoms with Crippen molar-refractivity contribution in [2.24, 2.45) is 5.92 Å². The van der Waals surface area contributed by atoms with Crippen LogP contribution in [0.1, 0.15) is 38.8 Å². The molecule has 1 aliphatic carbocycles. The normalized spacial score (nSPS) is 15.7. The maximum atomic E-state index is 6.18. The molecule has 0 N–H and O–H groups in total. The van der Waals surface area contributed by atoms with Crippen LogP contribution < -0.4 is 0 Å². The van der Waals surface area contributed by atoms with Gasteiger partial charge in [0, 0.05) is 12.6 Å². The number of halogens is 2. The molecule has 0 radical (unpaired) electrons. The maximum Gasteiger partial charge on any atom is 0.129 e.